The maximum atomic E-state index is 12.3. The molecule has 1 aliphatic rings. The number of β-amino-alcohol motifs (C(OH)–C–C–N with tert-alkyl or cyclic N) is 2. The van der Waals surface area contributed by atoms with Crippen molar-refractivity contribution in [1.82, 2.24) is 4.31 Å². The van der Waals surface area contributed by atoms with E-state index in [1.807, 2.05) is 0 Å². The van der Waals surface area contributed by atoms with Crippen LogP contribution in [-0.2, 0) is 10.0 Å². The molecule has 2 atom stereocenters. The summed E-state index contributed by atoms with van der Waals surface area (Å²) in [6, 6.07) is 4.56. The van der Waals surface area contributed by atoms with Gasteiger partial charge < -0.3 is 15.9 Å². The summed E-state index contributed by atoms with van der Waals surface area (Å²) in [5.74, 6) is 0. The van der Waals surface area contributed by atoms with Crippen molar-refractivity contribution in [1.29, 1.82) is 0 Å². The topological polar surface area (TPSA) is 104 Å². The van der Waals surface area contributed by atoms with E-state index >= 15 is 0 Å². The van der Waals surface area contributed by atoms with Gasteiger partial charge >= 0.3 is 0 Å². The third-order valence-corrected chi connectivity index (χ3v) is 4.75. The Kier molecular flexibility index (Phi) is 3.33. The first-order chi connectivity index (χ1) is 8.30. The number of aryl methyl sites for hydroxylation is 1. The second-order valence-corrected chi connectivity index (χ2v) is 6.47. The fourth-order valence-electron chi connectivity index (χ4n) is 2.01. The summed E-state index contributed by atoms with van der Waals surface area (Å²) in [6.45, 7) is 1.55. The predicted molar refractivity (Wildman–Crippen MR) is 66.4 cm³/mol. The van der Waals surface area contributed by atoms with E-state index in [0.29, 0.717) is 5.69 Å². The molecule has 100 valence electrons. The molecule has 0 spiro atoms. The molecule has 1 heterocycles. The lowest BCUT2D eigenvalue weighted by Crippen LogP contribution is -2.30. The van der Waals surface area contributed by atoms with Crippen molar-refractivity contribution in [3.8, 4) is 0 Å². The highest BCUT2D eigenvalue weighted by Crippen LogP contribution is 2.24. The Bertz CT molecular complexity index is 528. The highest BCUT2D eigenvalue weighted by Gasteiger charge is 2.37. The van der Waals surface area contributed by atoms with Crippen LogP contribution in [-0.4, -0.2) is 48.2 Å². The molecular weight excluding hydrogens is 256 g/mol. The van der Waals surface area contributed by atoms with Crippen LogP contribution in [0.15, 0.2) is 23.1 Å². The average Bonchev–Trinajstić information content (AvgIpc) is 2.58. The standard InChI is InChI=1S/C11H16N2O4S/c1-7-2-8(12)4-9(3-7)18(16,17)13-5-10(14)11(15)6-13/h2-4,10-11,14-15H,5-6,12H2,1H3. The number of hydrogen-bond acceptors (Lipinski definition) is 5. The number of sulfonamides is 1. The van der Waals surface area contributed by atoms with Crippen molar-refractivity contribution in [2.45, 2.75) is 24.0 Å². The first-order valence-electron chi connectivity index (χ1n) is 5.54. The minimum Gasteiger partial charge on any atom is -0.399 e. The van der Waals surface area contributed by atoms with Crippen LogP contribution in [0.2, 0.25) is 0 Å². The Morgan fingerprint density at radius 1 is 1.22 bits per heavy atom. The molecule has 0 aliphatic carbocycles. The first kappa shape index (κ1) is 13.3. The molecule has 0 aromatic heterocycles. The van der Waals surface area contributed by atoms with Crippen molar-refractivity contribution in [2.24, 2.45) is 0 Å². The zero-order valence-electron chi connectivity index (χ0n) is 9.94. The van der Waals surface area contributed by atoms with Gasteiger partial charge in [-0.15, -0.1) is 0 Å². The van der Waals surface area contributed by atoms with E-state index in [0.717, 1.165) is 9.87 Å². The van der Waals surface area contributed by atoms with E-state index in [2.05, 4.69) is 0 Å². The number of anilines is 1. The number of nitrogens with two attached hydrogens (primary N) is 1. The van der Waals surface area contributed by atoms with E-state index in [-0.39, 0.29) is 18.0 Å². The zero-order chi connectivity index (χ0) is 13.5. The monoisotopic (exact) mass is 272 g/mol. The Morgan fingerprint density at radius 3 is 2.28 bits per heavy atom. The molecule has 6 nitrogen and oxygen atoms in total. The minimum absolute atomic E-state index is 0.0845. The summed E-state index contributed by atoms with van der Waals surface area (Å²) in [4.78, 5) is 0.0845. The number of nitrogens with zero attached hydrogens (tertiary/aromatic N) is 1. The van der Waals surface area contributed by atoms with Gasteiger partial charge in [0.15, 0.2) is 0 Å². The quantitative estimate of drug-likeness (QED) is 0.618. The molecule has 1 fully saturated rings. The highest BCUT2D eigenvalue weighted by atomic mass is 32.2. The van der Waals surface area contributed by atoms with Gasteiger partial charge in [0, 0.05) is 18.8 Å². The molecule has 0 radical (unpaired) electrons. The summed E-state index contributed by atoms with van der Waals surface area (Å²) in [6.07, 6.45) is -2.08. The Balaban J connectivity index is 2.37. The predicted octanol–water partition coefficient (Wildman–Crippen LogP) is -0.697. The molecule has 18 heavy (non-hydrogen) atoms. The molecule has 7 heteroatoms. The molecule has 2 unspecified atom stereocenters. The largest absolute Gasteiger partial charge is 0.399 e. The third-order valence-electron chi connectivity index (χ3n) is 2.94. The van der Waals surface area contributed by atoms with Gasteiger partial charge in [-0.3, -0.25) is 0 Å². The summed E-state index contributed by atoms with van der Waals surface area (Å²) in [5.41, 5.74) is 6.74. The Hall–Kier alpha value is -1.15. The van der Waals surface area contributed by atoms with Gasteiger partial charge in [-0.05, 0) is 30.7 Å². The highest BCUT2D eigenvalue weighted by molar-refractivity contribution is 7.89. The van der Waals surface area contributed by atoms with E-state index in [1.54, 1.807) is 13.0 Å². The molecule has 0 saturated carbocycles. The van der Waals surface area contributed by atoms with E-state index in [1.165, 1.54) is 12.1 Å². The SMILES string of the molecule is Cc1cc(N)cc(S(=O)(=O)N2CC(O)C(O)C2)c1. The average molecular weight is 272 g/mol. The van der Waals surface area contributed by atoms with Crippen LogP contribution in [0.4, 0.5) is 5.69 Å². The molecular formula is C11H16N2O4S. The number of aliphatic hydroxyl groups is 2. The molecule has 2 rings (SSSR count). The fourth-order valence-corrected chi connectivity index (χ4v) is 3.62. The van der Waals surface area contributed by atoms with Gasteiger partial charge in [0.05, 0.1) is 17.1 Å². The second kappa shape index (κ2) is 4.51. The number of nitrogen functional groups attached to an aromatic ring is 1. The number of aliphatic hydroxyl groups excluding tert-OH is 2. The van der Waals surface area contributed by atoms with Crippen molar-refractivity contribution < 1.29 is 18.6 Å². The van der Waals surface area contributed by atoms with Crippen molar-refractivity contribution in [3.63, 3.8) is 0 Å². The van der Waals surface area contributed by atoms with E-state index in [9.17, 15) is 18.6 Å². The van der Waals surface area contributed by atoms with Gasteiger partial charge in [-0.2, -0.15) is 4.31 Å². The van der Waals surface area contributed by atoms with Crippen LogP contribution in [0, 0.1) is 6.92 Å². The lowest BCUT2D eigenvalue weighted by Gasteiger charge is -2.16. The smallest absolute Gasteiger partial charge is 0.243 e. The van der Waals surface area contributed by atoms with Crippen molar-refractivity contribution in [2.75, 3.05) is 18.8 Å². The van der Waals surface area contributed by atoms with Crippen molar-refractivity contribution in [3.05, 3.63) is 23.8 Å². The van der Waals surface area contributed by atoms with Gasteiger partial charge in [-0.1, -0.05) is 0 Å². The minimum atomic E-state index is -3.72. The number of hydrogen-bond donors (Lipinski definition) is 3. The summed E-state index contributed by atoms with van der Waals surface area (Å²) < 4.78 is 25.6. The summed E-state index contributed by atoms with van der Waals surface area (Å²) in [7, 11) is -3.72. The molecule has 4 N–H and O–H groups in total. The Morgan fingerprint density at radius 2 is 1.78 bits per heavy atom. The van der Waals surface area contributed by atoms with Crippen LogP contribution in [0.5, 0.6) is 0 Å². The van der Waals surface area contributed by atoms with Crippen LogP contribution in [0.25, 0.3) is 0 Å². The number of rotatable bonds is 2. The van der Waals surface area contributed by atoms with Crippen LogP contribution >= 0.6 is 0 Å². The summed E-state index contributed by atoms with van der Waals surface area (Å²) in [5, 5.41) is 18.8. The second-order valence-electron chi connectivity index (χ2n) is 4.54. The maximum Gasteiger partial charge on any atom is 0.243 e. The fraction of sp³-hybridized carbons (Fsp3) is 0.455. The Labute approximate surface area is 106 Å². The third kappa shape index (κ3) is 2.35. The summed E-state index contributed by atoms with van der Waals surface area (Å²) >= 11 is 0. The molecule has 1 aliphatic heterocycles. The van der Waals surface area contributed by atoms with E-state index < -0.39 is 22.2 Å². The normalized spacial score (nSPS) is 25.5. The molecule has 0 bridgehead atoms. The lowest BCUT2D eigenvalue weighted by atomic mass is 10.2. The molecule has 1 aromatic rings. The van der Waals surface area contributed by atoms with Gasteiger partial charge in [0.1, 0.15) is 0 Å². The van der Waals surface area contributed by atoms with Crippen LogP contribution in [0.3, 0.4) is 0 Å². The van der Waals surface area contributed by atoms with E-state index in [4.69, 9.17) is 5.73 Å². The number of benzene rings is 1. The maximum absolute atomic E-state index is 12.3. The molecule has 0 amide bonds. The molecule has 1 saturated heterocycles. The molecule has 1 aromatic carbocycles. The van der Waals surface area contributed by atoms with Gasteiger partial charge in [0.2, 0.25) is 10.0 Å². The first-order valence-corrected chi connectivity index (χ1v) is 6.98. The van der Waals surface area contributed by atoms with Crippen LogP contribution < -0.4 is 5.73 Å². The van der Waals surface area contributed by atoms with Crippen LogP contribution in [0.1, 0.15) is 5.56 Å². The van der Waals surface area contributed by atoms with Crippen molar-refractivity contribution >= 4 is 15.7 Å². The van der Waals surface area contributed by atoms with Gasteiger partial charge in [-0.25, -0.2) is 8.42 Å². The van der Waals surface area contributed by atoms with Gasteiger partial charge in [0.25, 0.3) is 0 Å². The zero-order valence-corrected chi connectivity index (χ0v) is 10.8. The lowest BCUT2D eigenvalue weighted by molar-refractivity contribution is 0.0572.